The van der Waals surface area contributed by atoms with Gasteiger partial charge in [0.15, 0.2) is 5.78 Å². The summed E-state index contributed by atoms with van der Waals surface area (Å²) >= 11 is 0. The molecule has 3 rings (SSSR count). The maximum atomic E-state index is 12.7. The Hall–Kier alpha value is -2.95. The second kappa shape index (κ2) is 9.24. The van der Waals surface area contributed by atoms with E-state index in [9.17, 15) is 35.4 Å². The highest BCUT2D eigenvalue weighted by atomic mass is 16.7. The van der Waals surface area contributed by atoms with Gasteiger partial charge in [-0.2, -0.15) is 0 Å². The van der Waals surface area contributed by atoms with E-state index < -0.39 is 54.6 Å². The minimum Gasteiger partial charge on any atom is -0.508 e. The lowest BCUT2D eigenvalue weighted by Gasteiger charge is -2.39. The van der Waals surface area contributed by atoms with Crippen LogP contribution in [-0.4, -0.2) is 73.7 Å². The molecule has 0 saturated carbocycles. The minimum atomic E-state index is -1.73. The summed E-state index contributed by atoms with van der Waals surface area (Å²) in [5, 5.41) is 59.2. The van der Waals surface area contributed by atoms with E-state index in [1.165, 1.54) is 12.2 Å². The number of benzene rings is 2. The Morgan fingerprint density at radius 2 is 1.73 bits per heavy atom. The van der Waals surface area contributed by atoms with Crippen molar-refractivity contribution in [2.45, 2.75) is 30.7 Å². The number of aromatic hydroxyl groups is 2. The van der Waals surface area contributed by atoms with Crippen LogP contribution in [-0.2, 0) is 4.74 Å². The molecule has 1 aliphatic heterocycles. The van der Waals surface area contributed by atoms with Crippen molar-refractivity contribution in [1.29, 1.82) is 0 Å². The third-order valence-electron chi connectivity index (χ3n) is 4.63. The van der Waals surface area contributed by atoms with Crippen molar-refractivity contribution in [1.82, 2.24) is 0 Å². The molecule has 0 spiro atoms. The second-order valence-corrected chi connectivity index (χ2v) is 6.76. The van der Waals surface area contributed by atoms with Gasteiger partial charge in [0.25, 0.3) is 0 Å². The molecule has 0 unspecified atom stereocenters. The van der Waals surface area contributed by atoms with Crippen LogP contribution < -0.4 is 4.74 Å². The lowest BCUT2D eigenvalue weighted by atomic mass is 9.99. The van der Waals surface area contributed by atoms with E-state index in [0.29, 0.717) is 0 Å². The molecule has 0 amide bonds. The first kappa shape index (κ1) is 21.8. The first-order chi connectivity index (χ1) is 14.3. The number of ketones is 1. The van der Waals surface area contributed by atoms with E-state index in [0.717, 1.165) is 17.7 Å². The molecule has 30 heavy (non-hydrogen) atoms. The molecule has 6 N–H and O–H groups in total. The van der Waals surface area contributed by atoms with E-state index in [4.69, 9.17) is 9.47 Å². The van der Waals surface area contributed by atoms with Crippen LogP contribution in [0.3, 0.4) is 0 Å². The van der Waals surface area contributed by atoms with Crippen LogP contribution in [0.25, 0.3) is 6.08 Å². The monoisotopic (exact) mass is 418 g/mol. The van der Waals surface area contributed by atoms with Crippen molar-refractivity contribution < 1.29 is 44.9 Å². The predicted octanol–water partition coefficient (Wildman–Crippen LogP) is 0.173. The number of phenolic OH excluding ortho intramolecular Hbond substituents is 2. The third-order valence-corrected chi connectivity index (χ3v) is 4.63. The predicted molar refractivity (Wildman–Crippen MR) is 104 cm³/mol. The maximum Gasteiger partial charge on any atom is 0.229 e. The highest BCUT2D eigenvalue weighted by Gasteiger charge is 2.45. The van der Waals surface area contributed by atoms with Crippen molar-refractivity contribution in [3.63, 3.8) is 0 Å². The van der Waals surface area contributed by atoms with E-state index in [-0.39, 0.29) is 11.3 Å². The molecule has 1 heterocycles. The SMILES string of the molecule is O=C(/C=C/c1ccccc1)c1c(O)cc(O)cc1O[C@@H]1O[C@H](CO)[C@@H](O)[C@H](O)[C@H]1O. The smallest absolute Gasteiger partial charge is 0.229 e. The lowest BCUT2D eigenvalue weighted by Crippen LogP contribution is -2.60. The van der Waals surface area contributed by atoms with Crippen LogP contribution in [0.15, 0.2) is 48.5 Å². The number of carbonyl (C=O) groups excluding carboxylic acids is 1. The molecule has 5 atom stereocenters. The molecule has 1 saturated heterocycles. The van der Waals surface area contributed by atoms with E-state index in [1.807, 2.05) is 6.07 Å². The number of ether oxygens (including phenoxy) is 2. The van der Waals surface area contributed by atoms with Crippen molar-refractivity contribution in [3.05, 3.63) is 59.7 Å². The molecule has 9 heteroatoms. The number of phenols is 2. The molecule has 1 aliphatic rings. The van der Waals surface area contributed by atoms with Gasteiger partial charge >= 0.3 is 0 Å². The summed E-state index contributed by atoms with van der Waals surface area (Å²) in [6.07, 6.45) is -5.10. The zero-order valence-electron chi connectivity index (χ0n) is 15.7. The molecule has 2 aromatic rings. The minimum absolute atomic E-state index is 0.308. The first-order valence-corrected chi connectivity index (χ1v) is 9.12. The van der Waals surface area contributed by atoms with Gasteiger partial charge in [0.2, 0.25) is 6.29 Å². The highest BCUT2D eigenvalue weighted by Crippen LogP contribution is 2.35. The first-order valence-electron chi connectivity index (χ1n) is 9.12. The lowest BCUT2D eigenvalue weighted by molar-refractivity contribution is -0.277. The standard InChI is InChI=1S/C21H22O9/c22-10-16-18(26)19(27)20(28)21(30-16)29-15-9-12(23)8-14(25)17(15)13(24)7-6-11-4-2-1-3-5-11/h1-9,16,18-23,25-28H,10H2/b7-6+/t16-,18-,19+,20-,21-/m1/s1. The fourth-order valence-electron chi connectivity index (χ4n) is 3.04. The van der Waals surface area contributed by atoms with Crippen LogP contribution in [0.2, 0.25) is 0 Å². The fourth-order valence-corrected chi connectivity index (χ4v) is 3.04. The van der Waals surface area contributed by atoms with Gasteiger partial charge in [-0.05, 0) is 11.6 Å². The third kappa shape index (κ3) is 4.61. The number of aliphatic hydroxyl groups is 4. The van der Waals surface area contributed by atoms with E-state index >= 15 is 0 Å². The van der Waals surface area contributed by atoms with E-state index in [2.05, 4.69) is 0 Å². The van der Waals surface area contributed by atoms with Gasteiger partial charge in [0, 0.05) is 12.1 Å². The molecule has 9 nitrogen and oxygen atoms in total. The largest absolute Gasteiger partial charge is 0.508 e. The number of hydrogen-bond donors (Lipinski definition) is 6. The molecule has 0 aromatic heterocycles. The Balaban J connectivity index is 1.89. The molecule has 0 radical (unpaired) electrons. The van der Waals surface area contributed by atoms with E-state index in [1.54, 1.807) is 24.3 Å². The quantitative estimate of drug-likeness (QED) is 0.284. The average Bonchev–Trinajstić information content (AvgIpc) is 2.72. The van der Waals surface area contributed by atoms with Gasteiger partial charge in [0.1, 0.15) is 47.2 Å². The van der Waals surface area contributed by atoms with Gasteiger partial charge in [-0.25, -0.2) is 0 Å². The normalized spacial score (nSPS) is 26.6. The van der Waals surface area contributed by atoms with Gasteiger partial charge in [-0.15, -0.1) is 0 Å². The summed E-state index contributed by atoms with van der Waals surface area (Å²) in [5.74, 6) is -1.97. The topological polar surface area (TPSA) is 157 Å². The Labute approximate surface area is 171 Å². The number of carbonyl (C=O) groups is 1. The molecular weight excluding hydrogens is 396 g/mol. The molecule has 0 bridgehead atoms. The molecular formula is C21H22O9. The fraction of sp³-hybridized carbons (Fsp3) is 0.286. The maximum absolute atomic E-state index is 12.7. The summed E-state index contributed by atoms with van der Waals surface area (Å²) in [7, 11) is 0. The van der Waals surface area contributed by atoms with Crippen molar-refractivity contribution in [3.8, 4) is 17.2 Å². The summed E-state index contributed by atoms with van der Waals surface area (Å²) in [6.45, 7) is -0.665. The number of rotatable bonds is 6. The van der Waals surface area contributed by atoms with Crippen LogP contribution in [0.4, 0.5) is 0 Å². The van der Waals surface area contributed by atoms with Gasteiger partial charge in [-0.1, -0.05) is 36.4 Å². The second-order valence-electron chi connectivity index (χ2n) is 6.76. The summed E-state index contributed by atoms with van der Waals surface area (Å²) in [4.78, 5) is 12.7. The highest BCUT2D eigenvalue weighted by molar-refractivity contribution is 6.10. The van der Waals surface area contributed by atoms with Crippen molar-refractivity contribution in [2.24, 2.45) is 0 Å². The van der Waals surface area contributed by atoms with Gasteiger partial charge < -0.3 is 40.1 Å². The summed E-state index contributed by atoms with van der Waals surface area (Å²) in [5.41, 5.74) is 0.428. The van der Waals surface area contributed by atoms with Crippen LogP contribution in [0.1, 0.15) is 15.9 Å². The Morgan fingerprint density at radius 1 is 1.03 bits per heavy atom. The number of hydrogen-bond acceptors (Lipinski definition) is 9. The Kier molecular flexibility index (Phi) is 6.70. The molecule has 1 fully saturated rings. The molecule has 160 valence electrons. The van der Waals surface area contributed by atoms with Crippen molar-refractivity contribution in [2.75, 3.05) is 6.61 Å². The van der Waals surface area contributed by atoms with Crippen LogP contribution in [0, 0.1) is 0 Å². The zero-order chi connectivity index (χ0) is 21.8. The Bertz CT molecular complexity index is 910. The van der Waals surface area contributed by atoms with Gasteiger partial charge in [-0.3, -0.25) is 4.79 Å². The number of allylic oxidation sites excluding steroid dienone is 1. The number of aliphatic hydroxyl groups excluding tert-OH is 4. The van der Waals surface area contributed by atoms with Crippen molar-refractivity contribution >= 4 is 11.9 Å². The summed E-state index contributed by atoms with van der Waals surface area (Å²) in [6, 6.07) is 10.9. The van der Waals surface area contributed by atoms with Gasteiger partial charge in [0.05, 0.1) is 6.61 Å². The van der Waals surface area contributed by atoms with Crippen LogP contribution in [0.5, 0.6) is 17.2 Å². The zero-order valence-corrected chi connectivity index (χ0v) is 15.7. The van der Waals surface area contributed by atoms with Crippen LogP contribution >= 0.6 is 0 Å². The average molecular weight is 418 g/mol. The molecule has 2 aromatic carbocycles. The molecule has 0 aliphatic carbocycles. The Morgan fingerprint density at radius 3 is 2.40 bits per heavy atom. The summed E-state index contributed by atoms with van der Waals surface area (Å²) < 4.78 is 10.7.